The molecule has 0 radical (unpaired) electrons. The molecule has 0 atom stereocenters. The van der Waals surface area contributed by atoms with E-state index < -0.39 is 5.41 Å². The first-order valence-electron chi connectivity index (χ1n) is 12.8. The first-order valence-corrected chi connectivity index (χ1v) is 12.8. The van der Waals surface area contributed by atoms with Crippen molar-refractivity contribution in [2.75, 3.05) is 44.6 Å². The minimum Gasteiger partial charge on any atom is -0.492 e. The molecule has 198 valence electrons. The number of carbonyl (C=O) groups excluding carboxylic acids is 3. The van der Waals surface area contributed by atoms with Crippen molar-refractivity contribution >= 4 is 23.5 Å². The zero-order valence-corrected chi connectivity index (χ0v) is 21.3. The van der Waals surface area contributed by atoms with Gasteiger partial charge in [0.1, 0.15) is 11.5 Å². The number of nitrogens with one attached hydrogen (secondary N) is 3. The number of nitrogens with zero attached hydrogens (tertiary/aromatic N) is 2. The van der Waals surface area contributed by atoms with Crippen LogP contribution in [0.3, 0.4) is 0 Å². The van der Waals surface area contributed by atoms with E-state index in [2.05, 4.69) is 32.1 Å². The van der Waals surface area contributed by atoms with Gasteiger partial charge in [0.05, 0.1) is 24.1 Å². The van der Waals surface area contributed by atoms with Crippen molar-refractivity contribution in [1.82, 2.24) is 20.7 Å². The quantitative estimate of drug-likeness (QED) is 0.543. The van der Waals surface area contributed by atoms with E-state index in [-0.39, 0.29) is 24.3 Å². The summed E-state index contributed by atoms with van der Waals surface area (Å²) >= 11 is 0. The number of fused-ring (bicyclic) bond motifs is 1. The number of aryl methyl sites for hydroxylation is 1. The maximum Gasteiger partial charge on any atom is 0.255 e. The number of allylic oxidation sites excluding steroid dienone is 1. The smallest absolute Gasteiger partial charge is 0.255 e. The molecular weight excluding hydrogens is 474 g/mol. The van der Waals surface area contributed by atoms with E-state index in [1.165, 1.54) is 0 Å². The summed E-state index contributed by atoms with van der Waals surface area (Å²) in [6.45, 7) is 4.65. The normalized spacial score (nSPS) is 20.2. The van der Waals surface area contributed by atoms with Crippen molar-refractivity contribution in [3.63, 3.8) is 0 Å². The molecule has 1 saturated heterocycles. The maximum absolute atomic E-state index is 13.3. The molecule has 1 spiro atoms. The fourth-order valence-corrected chi connectivity index (χ4v) is 4.69. The van der Waals surface area contributed by atoms with E-state index in [4.69, 9.17) is 9.26 Å². The Balaban J connectivity index is 1.35. The predicted octanol–water partition coefficient (Wildman–Crippen LogP) is 2.67. The van der Waals surface area contributed by atoms with Crippen LogP contribution >= 0.6 is 0 Å². The first-order chi connectivity index (χ1) is 17.9. The number of hydrogen-bond acceptors (Lipinski definition) is 7. The van der Waals surface area contributed by atoms with Crippen LogP contribution in [0.15, 0.2) is 47.0 Å². The van der Waals surface area contributed by atoms with Crippen LogP contribution in [0.5, 0.6) is 5.75 Å². The van der Waals surface area contributed by atoms with Gasteiger partial charge in [-0.1, -0.05) is 29.4 Å². The van der Waals surface area contributed by atoms with Gasteiger partial charge in [-0.15, -0.1) is 0 Å². The van der Waals surface area contributed by atoms with Crippen LogP contribution in [0.2, 0.25) is 0 Å². The van der Waals surface area contributed by atoms with E-state index in [0.717, 1.165) is 0 Å². The minimum atomic E-state index is -0.527. The average molecular weight is 510 g/mol. The number of likely N-dealkylation sites (tertiary alicyclic amines) is 1. The fraction of sp³-hybridized carbons (Fsp3) is 0.481. The number of para-hydroxylation sites is 1. The number of piperidine rings is 1. The molecule has 0 saturated carbocycles. The van der Waals surface area contributed by atoms with E-state index in [9.17, 15) is 14.4 Å². The Kier molecular flexibility index (Phi) is 8.95. The largest absolute Gasteiger partial charge is 0.492 e. The molecule has 1 aromatic heterocycles. The monoisotopic (exact) mass is 509 g/mol. The highest BCUT2D eigenvalue weighted by Gasteiger charge is 2.40. The van der Waals surface area contributed by atoms with Crippen molar-refractivity contribution in [2.45, 2.75) is 39.0 Å². The molecule has 2 aromatic rings. The molecule has 3 amide bonds. The number of benzene rings is 1. The van der Waals surface area contributed by atoms with Gasteiger partial charge in [0, 0.05) is 19.2 Å². The lowest BCUT2D eigenvalue weighted by molar-refractivity contribution is -0.134. The Morgan fingerprint density at radius 2 is 1.92 bits per heavy atom. The Bertz CT molecular complexity index is 1120. The van der Waals surface area contributed by atoms with Crippen LogP contribution in [-0.4, -0.2) is 67.1 Å². The van der Waals surface area contributed by atoms with Gasteiger partial charge in [0.15, 0.2) is 5.82 Å². The van der Waals surface area contributed by atoms with Crippen molar-refractivity contribution in [3.05, 3.63) is 53.8 Å². The van der Waals surface area contributed by atoms with Gasteiger partial charge in [-0.05, 0) is 64.3 Å². The zero-order valence-electron chi connectivity index (χ0n) is 21.3. The molecule has 0 aliphatic carbocycles. The third-order valence-electron chi connectivity index (χ3n) is 6.83. The molecule has 3 N–H and O–H groups in total. The summed E-state index contributed by atoms with van der Waals surface area (Å²) in [6.07, 6.45) is 7.32. The predicted molar refractivity (Wildman–Crippen MR) is 138 cm³/mol. The fourth-order valence-electron chi connectivity index (χ4n) is 4.69. The molecule has 0 unspecified atom stereocenters. The lowest BCUT2D eigenvalue weighted by Gasteiger charge is -2.40. The molecule has 0 bridgehead atoms. The molecule has 1 fully saturated rings. The van der Waals surface area contributed by atoms with Crippen LogP contribution in [0.1, 0.15) is 48.2 Å². The summed E-state index contributed by atoms with van der Waals surface area (Å²) in [5, 5.41) is 12.5. The molecule has 10 heteroatoms. The number of anilines is 1. The number of aromatic nitrogens is 1. The summed E-state index contributed by atoms with van der Waals surface area (Å²) in [6, 6.07) is 8.89. The topological polar surface area (TPSA) is 126 Å². The summed E-state index contributed by atoms with van der Waals surface area (Å²) in [5.74, 6) is 1.29. The average Bonchev–Trinajstić information content (AvgIpc) is 3.30. The summed E-state index contributed by atoms with van der Waals surface area (Å²) < 4.78 is 10.9. The van der Waals surface area contributed by atoms with Gasteiger partial charge in [0.2, 0.25) is 11.8 Å². The first kappa shape index (κ1) is 26.4. The van der Waals surface area contributed by atoms with Gasteiger partial charge in [-0.3, -0.25) is 19.3 Å². The molecule has 1 aromatic carbocycles. The van der Waals surface area contributed by atoms with E-state index in [1.807, 2.05) is 18.2 Å². The van der Waals surface area contributed by atoms with E-state index in [1.54, 1.807) is 25.1 Å². The van der Waals surface area contributed by atoms with Gasteiger partial charge < -0.3 is 25.2 Å². The highest BCUT2D eigenvalue weighted by molar-refractivity contribution is 5.96. The number of amides is 3. The van der Waals surface area contributed by atoms with Crippen LogP contribution in [0.25, 0.3) is 0 Å². The number of ether oxygens (including phenoxy) is 1. The number of rotatable bonds is 3. The second kappa shape index (κ2) is 12.5. The maximum atomic E-state index is 13.3. The van der Waals surface area contributed by atoms with E-state index in [0.29, 0.717) is 87.8 Å². The van der Waals surface area contributed by atoms with Crippen LogP contribution in [0, 0.1) is 12.3 Å². The molecule has 4 rings (SSSR count). The van der Waals surface area contributed by atoms with Crippen LogP contribution < -0.4 is 20.7 Å². The third kappa shape index (κ3) is 7.19. The number of carbonyl (C=O) groups is 3. The third-order valence-corrected chi connectivity index (χ3v) is 6.83. The molecule has 2 aliphatic rings. The van der Waals surface area contributed by atoms with Gasteiger partial charge in [-0.2, -0.15) is 0 Å². The highest BCUT2D eigenvalue weighted by Crippen LogP contribution is 2.36. The lowest BCUT2D eigenvalue weighted by Crippen LogP contribution is -2.50. The second-order valence-corrected chi connectivity index (χ2v) is 9.60. The van der Waals surface area contributed by atoms with Crippen molar-refractivity contribution in [1.29, 1.82) is 0 Å². The molecule has 3 heterocycles. The van der Waals surface area contributed by atoms with Crippen LogP contribution in [0.4, 0.5) is 5.82 Å². The van der Waals surface area contributed by atoms with Crippen LogP contribution in [-0.2, 0) is 9.59 Å². The second-order valence-electron chi connectivity index (χ2n) is 9.60. The zero-order chi connectivity index (χ0) is 26.1. The van der Waals surface area contributed by atoms with Crippen molar-refractivity contribution in [3.8, 4) is 5.75 Å². The molecule has 37 heavy (non-hydrogen) atoms. The van der Waals surface area contributed by atoms with Crippen molar-refractivity contribution in [2.24, 2.45) is 5.41 Å². The Morgan fingerprint density at radius 1 is 1.14 bits per heavy atom. The molecule has 10 nitrogen and oxygen atoms in total. The van der Waals surface area contributed by atoms with Gasteiger partial charge >= 0.3 is 0 Å². The lowest BCUT2D eigenvalue weighted by atomic mass is 9.74. The SMILES string of the molecule is Cc1cc(NC(=O)CN2CCC3(C/C=C\CCOc4ccccc4C(=O)NCCCNC3=O)CC2)no1. The standard InChI is InChI=1S/C27H35N5O5/c1-20-18-23(31-37-20)30-24(33)19-32-15-11-27(12-16-32)10-5-2-6-17-36-22-9-4-3-8-21(22)25(34)28-13-7-14-29-26(27)35/h2-5,8-9,18H,6-7,10-17,19H2,1H3,(H,28,34)(H,29,35)(H,30,31,33)/b5-2-. The summed E-state index contributed by atoms with van der Waals surface area (Å²) in [4.78, 5) is 40.4. The molecular formula is C27H35N5O5. The highest BCUT2D eigenvalue weighted by atomic mass is 16.5. The Labute approximate surface area is 216 Å². The number of hydrogen-bond donors (Lipinski definition) is 3. The van der Waals surface area contributed by atoms with Gasteiger partial charge in [0.25, 0.3) is 5.91 Å². The van der Waals surface area contributed by atoms with E-state index >= 15 is 0 Å². The minimum absolute atomic E-state index is 0.0272. The summed E-state index contributed by atoms with van der Waals surface area (Å²) in [7, 11) is 0. The molecule has 2 aliphatic heterocycles. The van der Waals surface area contributed by atoms with Crippen molar-refractivity contribution < 1.29 is 23.6 Å². The van der Waals surface area contributed by atoms with Gasteiger partial charge in [-0.25, -0.2) is 0 Å². The Hall–Kier alpha value is -3.66. The Morgan fingerprint density at radius 3 is 2.70 bits per heavy atom. The summed E-state index contributed by atoms with van der Waals surface area (Å²) in [5.41, 5.74) is -0.0151.